The summed E-state index contributed by atoms with van der Waals surface area (Å²) in [4.78, 5) is 40.5. The Morgan fingerprint density at radius 3 is 2.48 bits per heavy atom. The van der Waals surface area contributed by atoms with Crippen molar-refractivity contribution in [1.29, 1.82) is 0 Å². The molecular formula is C38H35FN3O8S2+. The lowest BCUT2D eigenvalue weighted by molar-refractivity contribution is 0.0529. The maximum atomic E-state index is 13.8. The summed E-state index contributed by atoms with van der Waals surface area (Å²) >= 11 is 4.20. The summed E-state index contributed by atoms with van der Waals surface area (Å²) in [7, 11) is -1.14. The van der Waals surface area contributed by atoms with Crippen LogP contribution in [-0.2, 0) is 27.8 Å². The molecule has 0 radical (unpaired) electrons. The zero-order chi connectivity index (χ0) is 36.9. The Balaban J connectivity index is 1.43. The second kappa shape index (κ2) is 13.7. The molecule has 268 valence electrons. The van der Waals surface area contributed by atoms with Crippen molar-refractivity contribution in [3.05, 3.63) is 110 Å². The Kier molecular flexibility index (Phi) is 9.30. The summed E-state index contributed by atoms with van der Waals surface area (Å²) in [6.45, 7) is 1.83. The molecule has 0 bridgehead atoms. The summed E-state index contributed by atoms with van der Waals surface area (Å²) in [5.41, 5.74) is 4.35. The zero-order valence-electron chi connectivity index (χ0n) is 28.4. The largest absolute Gasteiger partial charge is 0.478 e. The molecule has 0 unspecified atom stereocenters. The Morgan fingerprint density at radius 1 is 0.962 bits per heavy atom. The number of hydrogen-bond acceptors (Lipinski definition) is 9. The first-order chi connectivity index (χ1) is 24.9. The van der Waals surface area contributed by atoms with Crippen LogP contribution in [0.1, 0.15) is 66.2 Å². The summed E-state index contributed by atoms with van der Waals surface area (Å²) in [5.74, 6) is -1.51. The topological polar surface area (TPSA) is 142 Å². The fraction of sp³-hybridized carbons (Fsp3) is 0.263. The van der Waals surface area contributed by atoms with Crippen molar-refractivity contribution in [2.45, 2.75) is 30.6 Å². The molecular weight excluding hydrogens is 710 g/mol. The summed E-state index contributed by atoms with van der Waals surface area (Å²) in [6.07, 6.45) is 3.51. The van der Waals surface area contributed by atoms with E-state index in [1.807, 2.05) is 12.1 Å². The van der Waals surface area contributed by atoms with Crippen LogP contribution >= 0.6 is 12.6 Å². The van der Waals surface area contributed by atoms with Crippen molar-refractivity contribution in [2.24, 2.45) is 0 Å². The van der Waals surface area contributed by atoms with Crippen LogP contribution in [0.5, 0.6) is 11.5 Å². The number of nitrogens with one attached hydrogen (secondary N) is 1. The predicted octanol–water partition coefficient (Wildman–Crippen LogP) is 4.18. The predicted molar refractivity (Wildman–Crippen MR) is 196 cm³/mol. The Labute approximate surface area is 304 Å². The van der Waals surface area contributed by atoms with Gasteiger partial charge in [0, 0.05) is 65.1 Å². The quantitative estimate of drug-likeness (QED) is 0.0924. The van der Waals surface area contributed by atoms with Crippen LogP contribution < -0.4 is 30.1 Å². The number of carboxylic acid groups (broad SMARTS) is 1. The first-order valence-corrected chi connectivity index (χ1v) is 18.7. The highest BCUT2D eigenvalue weighted by atomic mass is 32.3. The van der Waals surface area contributed by atoms with Crippen LogP contribution in [0, 0.1) is 0 Å². The number of thiol groups is 1. The van der Waals surface area contributed by atoms with Gasteiger partial charge in [-0.3, -0.25) is 4.79 Å². The molecule has 3 heterocycles. The van der Waals surface area contributed by atoms with Gasteiger partial charge >= 0.3 is 22.2 Å². The summed E-state index contributed by atoms with van der Waals surface area (Å²) in [5, 5.41) is 14.1. The highest BCUT2D eigenvalue weighted by Gasteiger charge is 2.32. The molecule has 0 atom stereocenters. The number of anilines is 2. The second-order valence-electron chi connectivity index (χ2n) is 12.9. The van der Waals surface area contributed by atoms with Gasteiger partial charge in [-0.2, -0.15) is 21.0 Å². The maximum Gasteiger partial charge on any atom is 0.338 e. The molecule has 14 heteroatoms. The van der Waals surface area contributed by atoms with Gasteiger partial charge in [0.15, 0.2) is 0 Å². The van der Waals surface area contributed by atoms with Crippen LogP contribution in [0.15, 0.2) is 65.6 Å². The number of hydrogen-bond donors (Lipinski definition) is 3. The molecule has 3 aliphatic rings. The molecule has 7 rings (SSSR count). The van der Waals surface area contributed by atoms with E-state index in [1.54, 1.807) is 12.1 Å². The van der Waals surface area contributed by atoms with Crippen LogP contribution in [0.4, 0.5) is 15.3 Å². The Morgan fingerprint density at radius 2 is 1.73 bits per heavy atom. The van der Waals surface area contributed by atoms with Crippen LogP contribution in [0.2, 0.25) is 0 Å². The smallest absolute Gasteiger partial charge is 0.338 e. The van der Waals surface area contributed by atoms with E-state index in [9.17, 15) is 31.8 Å². The number of esters is 1. The number of fused-ring (bicyclic) bond motifs is 6. The number of ether oxygens (including phenoxy) is 2. The van der Waals surface area contributed by atoms with E-state index in [-0.39, 0.29) is 23.6 Å². The molecule has 0 aromatic heterocycles. The second-order valence-corrected chi connectivity index (χ2v) is 14.7. The van der Waals surface area contributed by atoms with Gasteiger partial charge in [0.05, 0.1) is 27.1 Å². The van der Waals surface area contributed by atoms with Gasteiger partial charge in [-0.15, -0.1) is 3.89 Å². The number of carbonyl (C=O) groups excluding carboxylic acids is 2. The van der Waals surface area contributed by atoms with Crippen LogP contribution in [0.3, 0.4) is 0 Å². The van der Waals surface area contributed by atoms with Crippen molar-refractivity contribution in [1.82, 2.24) is 4.58 Å². The molecule has 52 heavy (non-hydrogen) atoms. The SMILES string of the molecule is CN1CCCc2c1ccc1c2Oc2c3c(ccc2=C1c1ccc(NC(=O)c2cc(S(=O)(=O)F)ccc2C(=O)O)cc1C(=O)OCCS)=[N+](C)CCC3. The van der Waals surface area contributed by atoms with E-state index < -0.39 is 44.1 Å². The lowest BCUT2D eigenvalue weighted by Gasteiger charge is -2.32. The van der Waals surface area contributed by atoms with Gasteiger partial charge in [0.2, 0.25) is 5.36 Å². The van der Waals surface area contributed by atoms with Gasteiger partial charge in [0.1, 0.15) is 31.7 Å². The number of carbonyl (C=O) groups is 3. The monoisotopic (exact) mass is 744 g/mol. The van der Waals surface area contributed by atoms with Gasteiger partial charge in [0.25, 0.3) is 5.91 Å². The average Bonchev–Trinajstić information content (AvgIpc) is 3.12. The molecule has 0 aliphatic carbocycles. The molecule has 0 spiro atoms. The van der Waals surface area contributed by atoms with E-state index in [2.05, 4.69) is 53.6 Å². The van der Waals surface area contributed by atoms with Crippen molar-refractivity contribution in [3.8, 4) is 11.5 Å². The first kappa shape index (κ1) is 35.2. The standard InChI is InChI=1S/C38H34FN3O8S2/c1-41-15-3-5-25-31(41)13-11-27-33(28-12-14-32-26(6-4-16-42(32)2)35(28)50-34(25)27)23-9-7-21(19-30(23)38(46)49-17-18-51)40-36(43)29-20-22(52(39,47)48)8-10-24(29)37(44)45/h7-14,19-20H,3-6,15-18H2,1-2H3,(H2,44,45,51)/p+1. The van der Waals surface area contributed by atoms with E-state index in [1.165, 1.54) is 6.07 Å². The lowest BCUT2D eigenvalue weighted by Crippen LogP contribution is -2.37. The Bertz CT molecular complexity index is 2450. The molecule has 3 aliphatic heterocycles. The van der Waals surface area contributed by atoms with Crippen LogP contribution in [-0.4, -0.2) is 70.9 Å². The van der Waals surface area contributed by atoms with E-state index >= 15 is 0 Å². The van der Waals surface area contributed by atoms with Gasteiger partial charge in [-0.05, 0) is 73.4 Å². The number of nitrogens with zero attached hydrogens (tertiary/aromatic N) is 2. The molecule has 0 fully saturated rings. The van der Waals surface area contributed by atoms with E-state index in [0.29, 0.717) is 11.6 Å². The molecule has 2 N–H and O–H groups in total. The molecule has 4 aromatic carbocycles. The molecule has 1 amide bonds. The minimum atomic E-state index is -5.24. The molecule has 0 saturated heterocycles. The first-order valence-electron chi connectivity index (χ1n) is 16.7. The Hall–Kier alpha value is -5.21. The molecule has 11 nitrogen and oxygen atoms in total. The summed E-state index contributed by atoms with van der Waals surface area (Å²) in [6, 6.07) is 15.0. The molecule has 4 aromatic rings. The fourth-order valence-corrected chi connectivity index (χ4v) is 7.88. The normalized spacial score (nSPS) is 14.7. The fourth-order valence-electron chi connectivity index (χ4n) is 7.30. The summed E-state index contributed by atoms with van der Waals surface area (Å²) < 4.78 is 51.7. The number of carboxylic acids is 1. The van der Waals surface area contributed by atoms with Crippen molar-refractivity contribution in [2.75, 3.05) is 49.8 Å². The maximum absolute atomic E-state index is 13.8. The third kappa shape index (κ3) is 6.30. The number of aromatic carboxylic acids is 1. The minimum Gasteiger partial charge on any atom is -0.478 e. The lowest BCUT2D eigenvalue weighted by atomic mass is 9.85. The molecule has 0 saturated carbocycles. The van der Waals surface area contributed by atoms with E-state index in [4.69, 9.17) is 9.47 Å². The van der Waals surface area contributed by atoms with Crippen LogP contribution in [0.25, 0.3) is 5.57 Å². The number of benzene rings is 4. The third-order valence-corrected chi connectivity index (χ3v) is 10.7. The van der Waals surface area contributed by atoms with Gasteiger partial charge in [-0.1, -0.05) is 6.07 Å². The highest BCUT2D eigenvalue weighted by Crippen LogP contribution is 2.45. The minimum absolute atomic E-state index is 0.00967. The van der Waals surface area contributed by atoms with E-state index in [0.717, 1.165) is 101 Å². The van der Waals surface area contributed by atoms with Crippen molar-refractivity contribution in [3.63, 3.8) is 0 Å². The number of amides is 1. The third-order valence-electron chi connectivity index (χ3n) is 9.72. The van der Waals surface area contributed by atoms with Crippen molar-refractivity contribution < 1.29 is 41.3 Å². The highest BCUT2D eigenvalue weighted by molar-refractivity contribution is 7.86. The number of halogens is 1. The number of rotatable bonds is 8. The van der Waals surface area contributed by atoms with Crippen molar-refractivity contribution >= 4 is 57.6 Å². The van der Waals surface area contributed by atoms with Gasteiger partial charge < -0.3 is 24.8 Å². The average molecular weight is 745 g/mol. The zero-order valence-corrected chi connectivity index (χ0v) is 30.1. The van der Waals surface area contributed by atoms with Gasteiger partial charge in [-0.25, -0.2) is 14.2 Å².